The Morgan fingerprint density at radius 2 is 1.55 bits per heavy atom. The number of ketones is 1. The molecule has 1 aromatic carbocycles. The summed E-state index contributed by atoms with van der Waals surface area (Å²) in [5, 5.41) is 0. The summed E-state index contributed by atoms with van der Waals surface area (Å²) in [4.78, 5) is 11.5. The lowest BCUT2D eigenvalue weighted by Gasteiger charge is -2.08. The van der Waals surface area contributed by atoms with E-state index in [-0.39, 0.29) is 12.0 Å². The van der Waals surface area contributed by atoms with Crippen LogP contribution in [0.1, 0.15) is 22.3 Å². The fraction of sp³-hybridized carbons (Fsp3) is 0.417. The number of ether oxygens (including phenoxy) is 1. The molecule has 0 atom stereocenters. The third kappa shape index (κ3) is 5.60. The minimum atomic E-state index is -4.50. The molecule has 8 heteroatoms. The molecule has 0 saturated carbocycles. The largest absolute Gasteiger partial charge is 0.416 e. The Morgan fingerprint density at radius 1 is 1.00 bits per heavy atom. The van der Waals surface area contributed by atoms with Crippen LogP contribution in [0.4, 0.5) is 26.3 Å². The van der Waals surface area contributed by atoms with E-state index in [4.69, 9.17) is 0 Å². The number of rotatable bonds is 5. The molecule has 1 rings (SSSR count). The fourth-order valence-corrected chi connectivity index (χ4v) is 1.34. The van der Waals surface area contributed by atoms with Gasteiger partial charge in [0.2, 0.25) is 0 Å². The van der Waals surface area contributed by atoms with Crippen molar-refractivity contribution in [2.75, 3.05) is 13.2 Å². The molecule has 1 aromatic rings. The zero-order chi connectivity index (χ0) is 15.4. The van der Waals surface area contributed by atoms with Crippen molar-refractivity contribution < 1.29 is 35.9 Å². The number of alkyl halides is 6. The summed E-state index contributed by atoms with van der Waals surface area (Å²) >= 11 is 0. The van der Waals surface area contributed by atoms with Crippen molar-refractivity contribution in [1.29, 1.82) is 0 Å². The molecule has 0 saturated heterocycles. The maximum absolute atomic E-state index is 12.3. The van der Waals surface area contributed by atoms with Crippen LogP contribution >= 0.6 is 0 Å². The van der Waals surface area contributed by atoms with Gasteiger partial charge in [-0.2, -0.15) is 26.3 Å². The first-order chi connectivity index (χ1) is 9.09. The zero-order valence-corrected chi connectivity index (χ0v) is 10.0. The van der Waals surface area contributed by atoms with Gasteiger partial charge in [0.15, 0.2) is 5.78 Å². The van der Waals surface area contributed by atoms with Crippen molar-refractivity contribution in [3.8, 4) is 0 Å². The summed E-state index contributed by atoms with van der Waals surface area (Å²) in [5.41, 5.74) is -0.906. The maximum Gasteiger partial charge on any atom is 0.416 e. The van der Waals surface area contributed by atoms with E-state index in [0.29, 0.717) is 0 Å². The molecule has 0 spiro atoms. The number of carbonyl (C=O) groups excluding carboxylic acids is 1. The second kappa shape index (κ2) is 6.25. The molecular formula is C12H10F6O2. The zero-order valence-electron chi connectivity index (χ0n) is 10.0. The van der Waals surface area contributed by atoms with Crippen LogP contribution in [0.25, 0.3) is 0 Å². The summed E-state index contributed by atoms with van der Waals surface area (Å²) < 4.78 is 76.3. The van der Waals surface area contributed by atoms with Crippen molar-refractivity contribution in [2.45, 2.75) is 18.8 Å². The van der Waals surface area contributed by atoms with Gasteiger partial charge in [0.25, 0.3) is 0 Å². The highest BCUT2D eigenvalue weighted by molar-refractivity contribution is 5.96. The van der Waals surface area contributed by atoms with Crippen LogP contribution in [0.15, 0.2) is 24.3 Å². The van der Waals surface area contributed by atoms with Gasteiger partial charge < -0.3 is 4.74 Å². The van der Waals surface area contributed by atoms with Gasteiger partial charge in [-0.05, 0) is 12.1 Å². The molecule has 0 aliphatic rings. The van der Waals surface area contributed by atoms with E-state index in [1.165, 1.54) is 0 Å². The molecule has 0 amide bonds. The molecule has 0 unspecified atom stereocenters. The lowest BCUT2D eigenvalue weighted by Crippen LogP contribution is -2.18. The third-order valence-corrected chi connectivity index (χ3v) is 2.27. The highest BCUT2D eigenvalue weighted by atomic mass is 19.4. The van der Waals surface area contributed by atoms with Crippen LogP contribution in [0.5, 0.6) is 0 Å². The van der Waals surface area contributed by atoms with Gasteiger partial charge in [0, 0.05) is 12.0 Å². The Hall–Kier alpha value is -1.57. The van der Waals surface area contributed by atoms with Crippen molar-refractivity contribution in [2.24, 2.45) is 0 Å². The SMILES string of the molecule is O=C(CCOCC(F)(F)F)c1ccc(C(F)(F)F)cc1. The van der Waals surface area contributed by atoms with Crippen molar-refractivity contribution in [3.05, 3.63) is 35.4 Å². The van der Waals surface area contributed by atoms with Crippen molar-refractivity contribution >= 4 is 5.78 Å². The number of Topliss-reactive ketones (excluding diaryl/α,β-unsaturated/α-hetero) is 1. The Bertz CT molecular complexity index is 447. The quantitative estimate of drug-likeness (QED) is 0.469. The fourth-order valence-electron chi connectivity index (χ4n) is 1.34. The molecule has 0 radical (unpaired) electrons. The molecule has 20 heavy (non-hydrogen) atoms. The monoisotopic (exact) mass is 300 g/mol. The number of hydrogen-bond acceptors (Lipinski definition) is 2. The molecule has 0 N–H and O–H groups in total. The summed E-state index contributed by atoms with van der Waals surface area (Å²) in [6.07, 6.45) is -9.31. The molecule has 0 aliphatic heterocycles. The summed E-state index contributed by atoms with van der Waals surface area (Å²) in [6, 6.07) is 3.44. The maximum atomic E-state index is 12.3. The van der Waals surface area contributed by atoms with E-state index in [1.807, 2.05) is 0 Å². The summed E-state index contributed by atoms with van der Waals surface area (Å²) in [6.45, 7) is -1.91. The number of carbonyl (C=O) groups is 1. The lowest BCUT2D eigenvalue weighted by molar-refractivity contribution is -0.173. The van der Waals surface area contributed by atoms with Gasteiger partial charge in [-0.1, -0.05) is 12.1 Å². The van der Waals surface area contributed by atoms with Gasteiger partial charge >= 0.3 is 12.4 Å². The molecule has 2 nitrogen and oxygen atoms in total. The van der Waals surface area contributed by atoms with E-state index < -0.39 is 36.9 Å². The smallest absolute Gasteiger partial charge is 0.372 e. The van der Waals surface area contributed by atoms with Crippen LogP contribution in [-0.2, 0) is 10.9 Å². The topological polar surface area (TPSA) is 26.3 Å². The van der Waals surface area contributed by atoms with Gasteiger partial charge in [-0.25, -0.2) is 0 Å². The van der Waals surface area contributed by atoms with Crippen molar-refractivity contribution in [1.82, 2.24) is 0 Å². The lowest BCUT2D eigenvalue weighted by atomic mass is 10.1. The Kier molecular flexibility index (Phi) is 5.15. The molecular weight excluding hydrogens is 290 g/mol. The Balaban J connectivity index is 2.48. The van der Waals surface area contributed by atoms with Crippen LogP contribution in [0, 0.1) is 0 Å². The highest BCUT2D eigenvalue weighted by Gasteiger charge is 2.30. The van der Waals surface area contributed by atoms with Gasteiger partial charge in [0.05, 0.1) is 12.2 Å². The minimum absolute atomic E-state index is 0.00592. The standard InChI is InChI=1S/C12H10F6O2/c13-11(14,15)7-20-6-5-10(19)8-1-3-9(4-2-8)12(16,17)18/h1-4H,5-7H2. The molecule has 0 aliphatic carbocycles. The third-order valence-electron chi connectivity index (χ3n) is 2.27. The van der Waals surface area contributed by atoms with Crippen LogP contribution in [0.3, 0.4) is 0 Å². The van der Waals surface area contributed by atoms with E-state index >= 15 is 0 Å². The number of benzene rings is 1. The van der Waals surface area contributed by atoms with Gasteiger partial charge in [0.1, 0.15) is 6.61 Å². The minimum Gasteiger partial charge on any atom is -0.372 e. The Labute approximate surface area is 110 Å². The molecule has 0 bridgehead atoms. The van der Waals surface area contributed by atoms with E-state index in [0.717, 1.165) is 24.3 Å². The summed E-state index contributed by atoms with van der Waals surface area (Å²) in [5.74, 6) is -0.583. The van der Waals surface area contributed by atoms with Gasteiger partial charge in [-0.15, -0.1) is 0 Å². The average Bonchev–Trinajstić information content (AvgIpc) is 2.32. The molecule has 0 aromatic heterocycles. The second-order valence-corrected chi connectivity index (χ2v) is 3.92. The first kappa shape index (κ1) is 16.5. The first-order valence-electron chi connectivity index (χ1n) is 5.44. The number of hydrogen-bond donors (Lipinski definition) is 0. The normalized spacial score (nSPS) is 12.5. The summed E-state index contributed by atoms with van der Waals surface area (Å²) in [7, 11) is 0. The Morgan fingerprint density at radius 3 is 2.00 bits per heavy atom. The second-order valence-electron chi connectivity index (χ2n) is 3.92. The molecule has 112 valence electrons. The highest BCUT2D eigenvalue weighted by Crippen LogP contribution is 2.29. The van der Waals surface area contributed by atoms with E-state index in [1.54, 1.807) is 0 Å². The predicted molar refractivity (Wildman–Crippen MR) is 57.3 cm³/mol. The number of halogens is 6. The van der Waals surface area contributed by atoms with Crippen LogP contribution in [0.2, 0.25) is 0 Å². The molecule has 0 fully saturated rings. The predicted octanol–water partition coefficient (Wildman–Crippen LogP) is 3.86. The van der Waals surface area contributed by atoms with E-state index in [2.05, 4.69) is 4.74 Å². The van der Waals surface area contributed by atoms with Gasteiger partial charge in [-0.3, -0.25) is 4.79 Å². The molecule has 0 heterocycles. The average molecular weight is 300 g/mol. The first-order valence-corrected chi connectivity index (χ1v) is 5.44. The van der Waals surface area contributed by atoms with Crippen LogP contribution < -0.4 is 0 Å². The van der Waals surface area contributed by atoms with E-state index in [9.17, 15) is 31.1 Å². The van der Waals surface area contributed by atoms with Crippen LogP contribution in [-0.4, -0.2) is 25.2 Å². The van der Waals surface area contributed by atoms with Crippen molar-refractivity contribution in [3.63, 3.8) is 0 Å².